The summed E-state index contributed by atoms with van der Waals surface area (Å²) < 4.78 is 17.4. The molecule has 0 bridgehead atoms. The smallest absolute Gasteiger partial charge is 0.210 e. The van der Waals surface area contributed by atoms with Crippen LogP contribution in [0.1, 0.15) is 33.1 Å². The van der Waals surface area contributed by atoms with Crippen LogP contribution >= 0.6 is 7.37 Å². The zero-order chi connectivity index (χ0) is 9.73. The quantitative estimate of drug-likeness (QED) is 0.388. The number of hydrogen-bond donors (Lipinski definition) is 0. The van der Waals surface area contributed by atoms with E-state index >= 15 is 0 Å². The Hall–Kier alpha value is -0.0700. The van der Waals surface area contributed by atoms with Gasteiger partial charge in [0.25, 0.3) is 0 Å². The van der Waals surface area contributed by atoms with Crippen molar-refractivity contribution in [1.29, 1.82) is 0 Å². The van der Waals surface area contributed by atoms with E-state index in [0.29, 0.717) is 18.9 Å². The molecule has 1 aliphatic heterocycles. The molecule has 3 heteroatoms. The van der Waals surface area contributed by atoms with Crippen molar-refractivity contribution in [2.75, 3.05) is 18.9 Å². The van der Waals surface area contributed by atoms with Gasteiger partial charge in [0.05, 0.1) is 6.61 Å². The Balaban J connectivity index is 2.19. The fraction of sp³-hybridized carbons (Fsp3) is 0.800. The Morgan fingerprint density at radius 2 is 2.31 bits per heavy atom. The van der Waals surface area contributed by atoms with Crippen LogP contribution in [-0.2, 0) is 9.09 Å². The Bertz CT molecular complexity index is 233. The summed E-state index contributed by atoms with van der Waals surface area (Å²) in [5.74, 6) is 0. The second kappa shape index (κ2) is 4.97. The maximum absolute atomic E-state index is 11.9. The maximum Gasteiger partial charge on any atom is 0.210 e. The average Bonchev–Trinajstić information content (AvgIpc) is 2.41. The topological polar surface area (TPSA) is 26.3 Å². The largest absolute Gasteiger partial charge is 0.328 e. The first-order valence-corrected chi connectivity index (χ1v) is 7.04. The third kappa shape index (κ3) is 3.66. The van der Waals surface area contributed by atoms with Gasteiger partial charge in [0.2, 0.25) is 7.37 Å². The fourth-order valence-corrected chi connectivity index (χ4v) is 3.75. The van der Waals surface area contributed by atoms with E-state index in [1.807, 2.05) is 13.0 Å². The monoisotopic (exact) mass is 202 g/mol. The second-order valence-corrected chi connectivity index (χ2v) is 6.31. The fourth-order valence-electron chi connectivity index (χ4n) is 1.49. The molecular weight excluding hydrogens is 183 g/mol. The first-order valence-electron chi connectivity index (χ1n) is 5.04. The van der Waals surface area contributed by atoms with E-state index < -0.39 is 7.37 Å². The summed E-state index contributed by atoms with van der Waals surface area (Å²) in [7, 11) is -2.26. The van der Waals surface area contributed by atoms with Crippen molar-refractivity contribution in [2.24, 2.45) is 0 Å². The maximum atomic E-state index is 11.9. The molecule has 1 rings (SSSR count). The zero-order valence-electron chi connectivity index (χ0n) is 8.58. The molecule has 76 valence electrons. The molecule has 0 aliphatic carbocycles. The van der Waals surface area contributed by atoms with Crippen LogP contribution in [-0.4, -0.2) is 18.9 Å². The molecule has 0 radical (unpaired) electrons. The van der Waals surface area contributed by atoms with Gasteiger partial charge in [-0.2, -0.15) is 0 Å². The number of unbranched alkanes of at least 4 members (excludes halogenated alkanes) is 2. The third-order valence-electron chi connectivity index (χ3n) is 2.28. The van der Waals surface area contributed by atoms with Crippen LogP contribution in [0.5, 0.6) is 0 Å². The van der Waals surface area contributed by atoms with Crippen LogP contribution in [0.25, 0.3) is 0 Å². The molecule has 0 spiro atoms. The van der Waals surface area contributed by atoms with Crippen molar-refractivity contribution in [3.8, 4) is 0 Å². The lowest BCUT2D eigenvalue weighted by Gasteiger charge is -2.12. The molecule has 0 aromatic rings. The lowest BCUT2D eigenvalue weighted by atomic mass is 10.3. The lowest BCUT2D eigenvalue weighted by Crippen LogP contribution is -1.96. The number of allylic oxidation sites excluding steroid dienone is 2. The molecule has 1 atom stereocenters. The summed E-state index contributed by atoms with van der Waals surface area (Å²) in [4.78, 5) is 0. The van der Waals surface area contributed by atoms with Crippen molar-refractivity contribution in [1.82, 2.24) is 0 Å². The van der Waals surface area contributed by atoms with Gasteiger partial charge in [-0.15, -0.1) is 0 Å². The van der Waals surface area contributed by atoms with Gasteiger partial charge in [0.15, 0.2) is 0 Å². The molecule has 0 fully saturated rings. The molecule has 0 saturated heterocycles. The molecule has 1 aliphatic rings. The van der Waals surface area contributed by atoms with Gasteiger partial charge in [0, 0.05) is 12.3 Å². The van der Waals surface area contributed by atoms with Gasteiger partial charge >= 0.3 is 0 Å². The van der Waals surface area contributed by atoms with Crippen LogP contribution in [0, 0.1) is 0 Å². The summed E-state index contributed by atoms with van der Waals surface area (Å²) in [6, 6.07) is 0. The Labute approximate surface area is 80.8 Å². The molecule has 2 nitrogen and oxygen atoms in total. The highest BCUT2D eigenvalue weighted by atomic mass is 31.2. The molecule has 0 N–H and O–H groups in total. The predicted molar refractivity (Wildman–Crippen MR) is 56.6 cm³/mol. The summed E-state index contributed by atoms with van der Waals surface area (Å²) >= 11 is 0. The van der Waals surface area contributed by atoms with Gasteiger partial charge in [0.1, 0.15) is 0 Å². The highest BCUT2D eigenvalue weighted by molar-refractivity contribution is 7.59. The van der Waals surface area contributed by atoms with Crippen LogP contribution in [0.3, 0.4) is 0 Å². The van der Waals surface area contributed by atoms with Crippen molar-refractivity contribution in [3.63, 3.8) is 0 Å². The van der Waals surface area contributed by atoms with Crippen molar-refractivity contribution >= 4 is 7.37 Å². The van der Waals surface area contributed by atoms with E-state index in [4.69, 9.17) is 4.52 Å². The van der Waals surface area contributed by atoms with Crippen LogP contribution < -0.4 is 0 Å². The van der Waals surface area contributed by atoms with E-state index in [1.54, 1.807) is 0 Å². The van der Waals surface area contributed by atoms with E-state index in [2.05, 4.69) is 6.92 Å². The molecule has 0 aromatic heterocycles. The van der Waals surface area contributed by atoms with E-state index in [-0.39, 0.29) is 0 Å². The van der Waals surface area contributed by atoms with Gasteiger partial charge in [-0.1, -0.05) is 31.4 Å². The lowest BCUT2D eigenvalue weighted by molar-refractivity contribution is 0.307. The Morgan fingerprint density at radius 1 is 1.54 bits per heavy atom. The predicted octanol–water partition coefficient (Wildman–Crippen LogP) is 3.43. The van der Waals surface area contributed by atoms with Crippen molar-refractivity contribution in [3.05, 3.63) is 11.6 Å². The molecule has 0 amide bonds. The van der Waals surface area contributed by atoms with Crippen LogP contribution in [0.15, 0.2) is 11.6 Å². The third-order valence-corrected chi connectivity index (χ3v) is 4.66. The minimum absolute atomic E-state index is 0.658. The van der Waals surface area contributed by atoms with Crippen LogP contribution in [0.4, 0.5) is 0 Å². The van der Waals surface area contributed by atoms with E-state index in [1.165, 1.54) is 18.4 Å². The first kappa shape index (κ1) is 11.0. The number of rotatable bonds is 5. The molecule has 0 unspecified atom stereocenters. The Morgan fingerprint density at radius 3 is 2.85 bits per heavy atom. The Kier molecular flexibility index (Phi) is 4.21. The van der Waals surface area contributed by atoms with Crippen molar-refractivity contribution in [2.45, 2.75) is 33.1 Å². The van der Waals surface area contributed by atoms with Crippen LogP contribution in [0.2, 0.25) is 0 Å². The minimum Gasteiger partial charge on any atom is -0.328 e. The normalized spacial score (nSPS) is 27.7. The molecule has 0 saturated carbocycles. The summed E-state index contributed by atoms with van der Waals surface area (Å²) in [5, 5.41) is 0. The second-order valence-electron chi connectivity index (χ2n) is 3.75. The summed E-state index contributed by atoms with van der Waals surface area (Å²) in [5.41, 5.74) is 1.22. The summed E-state index contributed by atoms with van der Waals surface area (Å²) in [6.07, 6.45) is 6.78. The van der Waals surface area contributed by atoms with Gasteiger partial charge in [-0.3, -0.25) is 4.57 Å². The number of hydrogen-bond acceptors (Lipinski definition) is 2. The average molecular weight is 202 g/mol. The van der Waals surface area contributed by atoms with E-state index in [9.17, 15) is 4.57 Å². The standard InChI is InChI=1S/C10H19O2P/c1-3-4-5-7-12-13(11)8-6-10(2)9-13/h6H,3-5,7-9H2,1-2H3/t13-/m1/s1. The first-order chi connectivity index (χ1) is 6.16. The highest BCUT2D eigenvalue weighted by Crippen LogP contribution is 2.52. The van der Waals surface area contributed by atoms with Gasteiger partial charge in [-0.05, 0) is 13.3 Å². The minimum atomic E-state index is -2.26. The summed E-state index contributed by atoms with van der Waals surface area (Å²) in [6.45, 7) is 4.85. The molecule has 0 aromatic carbocycles. The van der Waals surface area contributed by atoms with Gasteiger partial charge < -0.3 is 4.52 Å². The molecule has 1 heterocycles. The molecule has 13 heavy (non-hydrogen) atoms. The zero-order valence-corrected chi connectivity index (χ0v) is 9.48. The van der Waals surface area contributed by atoms with Gasteiger partial charge in [-0.25, -0.2) is 0 Å². The highest BCUT2D eigenvalue weighted by Gasteiger charge is 2.26. The van der Waals surface area contributed by atoms with E-state index in [0.717, 1.165) is 6.42 Å². The van der Waals surface area contributed by atoms with Crippen molar-refractivity contribution < 1.29 is 9.09 Å². The molecular formula is C10H19O2P. The SMILES string of the molecule is CCCCCO[P@]1(=O)CC=C(C)C1.